The second-order valence-corrected chi connectivity index (χ2v) is 11.0. The summed E-state index contributed by atoms with van der Waals surface area (Å²) >= 11 is 0. The number of hydrogen-bond acceptors (Lipinski definition) is 5. The number of aliphatic hydroxyl groups is 1. The molecule has 2 aliphatic heterocycles. The summed E-state index contributed by atoms with van der Waals surface area (Å²) in [6.45, 7) is 3.56. The van der Waals surface area contributed by atoms with Crippen LogP contribution in [0.15, 0.2) is 53.5 Å². The summed E-state index contributed by atoms with van der Waals surface area (Å²) in [4.78, 5) is 48.3. The second kappa shape index (κ2) is 12.6. The molecule has 1 atom stereocenters. The summed E-state index contributed by atoms with van der Waals surface area (Å²) in [6, 6.07) is 14.1. The van der Waals surface area contributed by atoms with Gasteiger partial charge in [0.25, 0.3) is 11.8 Å². The Labute approximate surface area is 235 Å². The van der Waals surface area contributed by atoms with Crippen LogP contribution in [0.1, 0.15) is 74.2 Å². The Balaban J connectivity index is 1.35. The minimum Gasteiger partial charge on any atom is -0.393 e. The van der Waals surface area contributed by atoms with Crippen LogP contribution in [0.5, 0.6) is 0 Å². The van der Waals surface area contributed by atoms with Gasteiger partial charge in [0.1, 0.15) is 0 Å². The molecular weight excluding hydrogens is 506 g/mol. The summed E-state index contributed by atoms with van der Waals surface area (Å²) in [5.74, 6) is -0.147. The number of aliphatic hydroxyl groups excluding tert-OH is 1. The van der Waals surface area contributed by atoms with Crippen molar-refractivity contribution in [2.75, 3.05) is 29.9 Å². The molecule has 212 valence electrons. The van der Waals surface area contributed by atoms with E-state index in [1.54, 1.807) is 34.1 Å². The number of piperidine rings is 1. The average molecular weight is 546 g/mol. The molecule has 1 saturated carbocycles. The van der Waals surface area contributed by atoms with Gasteiger partial charge in [-0.15, -0.1) is 0 Å². The van der Waals surface area contributed by atoms with Crippen molar-refractivity contribution in [2.45, 2.75) is 70.6 Å². The number of fused-ring (bicyclic) bond motifs is 1. The number of aliphatic imine (C=N–C) groups is 1. The minimum atomic E-state index is -1.06. The van der Waals surface area contributed by atoms with Crippen molar-refractivity contribution in [3.63, 3.8) is 0 Å². The van der Waals surface area contributed by atoms with Crippen LogP contribution in [-0.4, -0.2) is 65.5 Å². The highest BCUT2D eigenvalue weighted by Gasteiger charge is 2.34. The number of rotatable bonds is 6. The molecule has 2 fully saturated rings. The largest absolute Gasteiger partial charge is 0.393 e. The van der Waals surface area contributed by atoms with Gasteiger partial charge < -0.3 is 25.5 Å². The number of benzene rings is 2. The van der Waals surface area contributed by atoms with E-state index >= 15 is 0 Å². The van der Waals surface area contributed by atoms with Crippen LogP contribution in [0.25, 0.3) is 0 Å². The number of nitrogens with one attached hydrogen (secondary N) is 2. The fraction of sp³-hybridized carbons (Fsp3) is 0.484. The lowest BCUT2D eigenvalue weighted by Crippen LogP contribution is -2.49. The van der Waals surface area contributed by atoms with E-state index in [4.69, 9.17) is 4.99 Å². The molecule has 2 aromatic rings. The molecule has 5 rings (SSSR count). The molecular formula is C31H39N5O4. The van der Waals surface area contributed by atoms with Crippen LogP contribution < -0.4 is 15.5 Å². The summed E-state index contributed by atoms with van der Waals surface area (Å²) in [5, 5.41) is 15.4. The van der Waals surface area contributed by atoms with Crippen molar-refractivity contribution >= 4 is 34.9 Å². The van der Waals surface area contributed by atoms with Gasteiger partial charge in [0, 0.05) is 42.4 Å². The van der Waals surface area contributed by atoms with E-state index < -0.39 is 12.2 Å². The van der Waals surface area contributed by atoms with E-state index in [0.29, 0.717) is 43.7 Å². The Morgan fingerprint density at radius 2 is 1.75 bits per heavy atom. The first-order valence-electron chi connectivity index (χ1n) is 14.6. The maximum absolute atomic E-state index is 13.8. The van der Waals surface area contributed by atoms with E-state index in [2.05, 4.69) is 10.6 Å². The van der Waals surface area contributed by atoms with Crippen molar-refractivity contribution < 1.29 is 19.5 Å². The summed E-state index contributed by atoms with van der Waals surface area (Å²) in [5.41, 5.74) is 3.62. The lowest BCUT2D eigenvalue weighted by molar-refractivity contribution is -0.120. The highest BCUT2D eigenvalue weighted by atomic mass is 16.3. The molecule has 1 saturated heterocycles. The Bertz CT molecular complexity index is 1260. The van der Waals surface area contributed by atoms with Crippen molar-refractivity contribution in [2.24, 2.45) is 10.9 Å². The van der Waals surface area contributed by atoms with Gasteiger partial charge in [0.05, 0.1) is 17.5 Å². The van der Waals surface area contributed by atoms with Crippen molar-refractivity contribution in [1.29, 1.82) is 0 Å². The average Bonchev–Trinajstić information content (AvgIpc) is 3.09. The first kappa shape index (κ1) is 27.8. The number of urea groups is 1. The zero-order valence-corrected chi connectivity index (χ0v) is 23.1. The second-order valence-electron chi connectivity index (χ2n) is 11.0. The van der Waals surface area contributed by atoms with Crippen LogP contribution in [0, 0.1) is 5.92 Å². The van der Waals surface area contributed by atoms with Gasteiger partial charge in [0.15, 0.2) is 0 Å². The maximum atomic E-state index is 13.8. The summed E-state index contributed by atoms with van der Waals surface area (Å²) in [6.07, 6.45) is 5.97. The van der Waals surface area contributed by atoms with Crippen LogP contribution in [0.2, 0.25) is 0 Å². The van der Waals surface area contributed by atoms with Crippen LogP contribution in [-0.2, 0) is 4.79 Å². The SMILES string of the molecule is CCCN1C(=O)C(NC(=O)Nc2cccc(C(=O)N3CCC(O)CC3)c2)N=C(C2CCCCC2)c2ccccc21. The molecule has 1 unspecified atom stereocenters. The maximum Gasteiger partial charge on any atom is 0.321 e. The summed E-state index contributed by atoms with van der Waals surface area (Å²) in [7, 11) is 0. The monoisotopic (exact) mass is 545 g/mol. The zero-order valence-electron chi connectivity index (χ0n) is 23.1. The first-order chi connectivity index (χ1) is 19.4. The van der Waals surface area contributed by atoms with E-state index in [1.807, 2.05) is 31.2 Å². The molecule has 0 radical (unpaired) electrons. The van der Waals surface area contributed by atoms with Crippen molar-refractivity contribution in [3.8, 4) is 0 Å². The molecule has 2 heterocycles. The lowest BCUT2D eigenvalue weighted by Gasteiger charge is -2.29. The van der Waals surface area contributed by atoms with Gasteiger partial charge in [-0.05, 0) is 56.4 Å². The van der Waals surface area contributed by atoms with Gasteiger partial charge >= 0.3 is 6.03 Å². The van der Waals surface area contributed by atoms with Crippen molar-refractivity contribution in [3.05, 3.63) is 59.7 Å². The quantitative estimate of drug-likeness (QED) is 0.494. The summed E-state index contributed by atoms with van der Waals surface area (Å²) < 4.78 is 0. The van der Waals surface area contributed by atoms with Gasteiger partial charge in [0.2, 0.25) is 6.17 Å². The number of likely N-dealkylation sites (tertiary alicyclic amines) is 1. The minimum absolute atomic E-state index is 0.135. The predicted octanol–water partition coefficient (Wildman–Crippen LogP) is 4.56. The molecule has 0 aromatic heterocycles. The first-order valence-corrected chi connectivity index (χ1v) is 14.6. The third-order valence-corrected chi connectivity index (χ3v) is 8.06. The Morgan fingerprint density at radius 1 is 1.00 bits per heavy atom. The molecule has 0 spiro atoms. The number of benzodiazepines with no additional fused rings is 1. The zero-order chi connectivity index (χ0) is 28.1. The third-order valence-electron chi connectivity index (χ3n) is 8.06. The van der Waals surface area contributed by atoms with E-state index in [1.165, 1.54) is 6.42 Å². The molecule has 9 heteroatoms. The fourth-order valence-corrected chi connectivity index (χ4v) is 5.98. The fourth-order valence-electron chi connectivity index (χ4n) is 5.98. The van der Waals surface area contributed by atoms with E-state index in [9.17, 15) is 19.5 Å². The Morgan fingerprint density at radius 3 is 2.50 bits per heavy atom. The molecule has 3 aliphatic rings. The lowest BCUT2D eigenvalue weighted by atomic mass is 9.83. The van der Waals surface area contributed by atoms with Gasteiger partial charge in [-0.3, -0.25) is 14.6 Å². The smallest absolute Gasteiger partial charge is 0.321 e. The number of carbonyl (C=O) groups is 3. The number of anilines is 2. The standard InChI is InChI=1S/C31H39N5O4/c1-2-17-36-26-14-7-6-13-25(26)27(21-9-4-3-5-10-21)33-28(30(36)39)34-31(40)32-23-12-8-11-22(20-23)29(38)35-18-15-24(37)16-19-35/h6-8,11-14,20-21,24,28,37H,2-5,9-10,15-19H2,1H3,(H2,32,34,40). The number of nitrogens with zero attached hydrogens (tertiary/aromatic N) is 3. The predicted molar refractivity (Wildman–Crippen MR) is 156 cm³/mol. The molecule has 40 heavy (non-hydrogen) atoms. The van der Waals surface area contributed by atoms with Gasteiger partial charge in [-0.2, -0.15) is 0 Å². The Kier molecular flexibility index (Phi) is 8.79. The third kappa shape index (κ3) is 6.20. The molecule has 1 aliphatic carbocycles. The van der Waals surface area contributed by atoms with Crippen LogP contribution in [0.4, 0.5) is 16.2 Å². The van der Waals surface area contributed by atoms with E-state index in [0.717, 1.165) is 49.1 Å². The molecule has 9 nitrogen and oxygen atoms in total. The highest BCUT2D eigenvalue weighted by molar-refractivity contribution is 6.14. The number of carbonyl (C=O) groups excluding carboxylic acids is 3. The molecule has 0 bridgehead atoms. The Hall–Kier alpha value is -3.72. The topological polar surface area (TPSA) is 114 Å². The number of para-hydroxylation sites is 1. The van der Waals surface area contributed by atoms with E-state index in [-0.39, 0.29) is 23.8 Å². The molecule has 3 N–H and O–H groups in total. The molecule has 4 amide bonds. The van der Waals surface area contributed by atoms with Crippen LogP contribution >= 0.6 is 0 Å². The normalized spacial score (nSPS) is 20.4. The van der Waals surface area contributed by atoms with Gasteiger partial charge in [-0.1, -0.05) is 50.5 Å². The highest BCUT2D eigenvalue weighted by Crippen LogP contribution is 2.34. The molecule has 2 aromatic carbocycles. The van der Waals surface area contributed by atoms with Gasteiger partial charge in [-0.25, -0.2) is 4.79 Å². The number of hydrogen-bond donors (Lipinski definition) is 3. The van der Waals surface area contributed by atoms with Crippen molar-refractivity contribution in [1.82, 2.24) is 10.2 Å². The number of amides is 4. The van der Waals surface area contributed by atoms with Crippen LogP contribution in [0.3, 0.4) is 0 Å².